The zero-order chi connectivity index (χ0) is 14.8. The van der Waals surface area contributed by atoms with Crippen LogP contribution in [0.3, 0.4) is 0 Å². The molecule has 0 aliphatic rings. The molecule has 3 heteroatoms. The Kier molecular flexibility index (Phi) is 4.15. The maximum atomic E-state index is 13.4. The molecule has 2 unspecified atom stereocenters. The van der Waals surface area contributed by atoms with Crippen LogP contribution in [0.25, 0.3) is 22.3 Å². The Morgan fingerprint density at radius 3 is 2.05 bits per heavy atom. The summed E-state index contributed by atoms with van der Waals surface area (Å²) in [7, 11) is 5.51. The topological polar surface area (TPSA) is 0 Å². The van der Waals surface area contributed by atoms with Crippen molar-refractivity contribution in [2.24, 2.45) is 0 Å². The molecule has 2 atom stereocenters. The third-order valence-corrected chi connectivity index (χ3v) is 4.44. The summed E-state index contributed by atoms with van der Waals surface area (Å²) in [6, 6.07) is 21.2. The van der Waals surface area contributed by atoms with E-state index in [2.05, 4.69) is 42.7 Å². The Labute approximate surface area is 128 Å². The normalized spacial score (nSPS) is 10.6. The van der Waals surface area contributed by atoms with Crippen molar-refractivity contribution >= 4 is 29.1 Å². The van der Waals surface area contributed by atoms with Crippen molar-refractivity contribution in [3.8, 4) is 22.3 Å². The first-order valence-corrected chi connectivity index (χ1v) is 7.81. The Hall–Kier alpha value is -1.55. The van der Waals surface area contributed by atoms with Gasteiger partial charge < -0.3 is 0 Å². The maximum absolute atomic E-state index is 13.4. The molecule has 0 aliphatic heterocycles. The van der Waals surface area contributed by atoms with E-state index < -0.39 is 0 Å². The standard InChI is InChI=1S/C18H15FP2/c19-14-5-3-4-12(10-14)16-9-8-13(11-18(16)21)15-6-1-2-7-17(15)20/h1-11H,20-21H2. The molecule has 0 fully saturated rings. The van der Waals surface area contributed by atoms with E-state index in [9.17, 15) is 4.39 Å². The molecule has 0 nitrogen and oxygen atoms in total. The van der Waals surface area contributed by atoms with E-state index in [4.69, 9.17) is 0 Å². The monoisotopic (exact) mass is 312 g/mol. The van der Waals surface area contributed by atoms with E-state index in [0.29, 0.717) is 0 Å². The largest absolute Gasteiger partial charge is 0.207 e. The van der Waals surface area contributed by atoms with E-state index in [1.807, 2.05) is 24.3 Å². The third kappa shape index (κ3) is 3.05. The minimum atomic E-state index is -0.212. The highest BCUT2D eigenvalue weighted by atomic mass is 31.0. The van der Waals surface area contributed by atoms with Gasteiger partial charge in [-0.1, -0.05) is 48.5 Å². The Balaban J connectivity index is 2.07. The van der Waals surface area contributed by atoms with Gasteiger partial charge in [0.25, 0.3) is 0 Å². The molecule has 3 aromatic rings. The van der Waals surface area contributed by atoms with Gasteiger partial charge in [0.05, 0.1) is 0 Å². The van der Waals surface area contributed by atoms with Gasteiger partial charge in [0.1, 0.15) is 5.82 Å². The fourth-order valence-corrected chi connectivity index (χ4v) is 3.23. The number of rotatable bonds is 2. The Bertz CT molecular complexity index is 797. The molecule has 0 amide bonds. The molecule has 0 saturated heterocycles. The SMILES string of the molecule is Fc1cccc(-c2ccc(-c3ccccc3P)cc2P)c1. The molecule has 0 spiro atoms. The first-order chi connectivity index (χ1) is 10.1. The summed E-state index contributed by atoms with van der Waals surface area (Å²) >= 11 is 0. The lowest BCUT2D eigenvalue weighted by atomic mass is 10.00. The van der Waals surface area contributed by atoms with E-state index in [-0.39, 0.29) is 5.82 Å². The smallest absolute Gasteiger partial charge is 0.123 e. The molecule has 0 bridgehead atoms. The summed E-state index contributed by atoms with van der Waals surface area (Å²) in [5.41, 5.74) is 4.28. The summed E-state index contributed by atoms with van der Waals surface area (Å²) in [6.07, 6.45) is 0. The highest BCUT2D eigenvalue weighted by Gasteiger charge is 2.07. The fourth-order valence-electron chi connectivity index (χ4n) is 2.41. The minimum absolute atomic E-state index is 0.212. The quantitative estimate of drug-likeness (QED) is 0.623. The van der Waals surface area contributed by atoms with Gasteiger partial charge in [0, 0.05) is 0 Å². The number of hydrogen-bond donors (Lipinski definition) is 0. The second-order valence-corrected chi connectivity index (χ2v) is 6.14. The third-order valence-electron chi connectivity index (χ3n) is 3.46. The van der Waals surface area contributed by atoms with Crippen molar-refractivity contribution in [1.29, 1.82) is 0 Å². The van der Waals surface area contributed by atoms with Crippen molar-refractivity contribution in [3.63, 3.8) is 0 Å². The molecular formula is C18H15FP2. The van der Waals surface area contributed by atoms with Crippen LogP contribution in [-0.4, -0.2) is 0 Å². The molecule has 0 N–H and O–H groups in total. The molecule has 0 radical (unpaired) electrons. The summed E-state index contributed by atoms with van der Waals surface area (Å²) in [6.45, 7) is 0. The van der Waals surface area contributed by atoms with Crippen molar-refractivity contribution in [1.82, 2.24) is 0 Å². The molecule has 0 aromatic heterocycles. The second-order valence-electron chi connectivity index (χ2n) is 4.90. The van der Waals surface area contributed by atoms with Crippen LogP contribution >= 0.6 is 18.5 Å². The zero-order valence-corrected chi connectivity index (χ0v) is 13.7. The molecule has 0 aliphatic carbocycles. The number of benzene rings is 3. The van der Waals surface area contributed by atoms with Gasteiger partial charge in [-0.25, -0.2) is 4.39 Å². The van der Waals surface area contributed by atoms with E-state index in [0.717, 1.165) is 22.0 Å². The van der Waals surface area contributed by atoms with Crippen LogP contribution in [0.1, 0.15) is 0 Å². The zero-order valence-electron chi connectivity index (χ0n) is 11.4. The number of halogens is 1. The molecular weight excluding hydrogens is 297 g/mol. The van der Waals surface area contributed by atoms with Gasteiger partial charge in [-0.2, -0.15) is 0 Å². The van der Waals surface area contributed by atoms with Crippen LogP contribution in [0.2, 0.25) is 0 Å². The lowest BCUT2D eigenvalue weighted by Gasteiger charge is -2.11. The van der Waals surface area contributed by atoms with Crippen LogP contribution in [0.15, 0.2) is 66.7 Å². The van der Waals surface area contributed by atoms with Gasteiger partial charge in [-0.05, 0) is 51.1 Å². The first-order valence-electron chi connectivity index (χ1n) is 6.65. The predicted molar refractivity (Wildman–Crippen MR) is 96.0 cm³/mol. The first kappa shape index (κ1) is 14.4. The van der Waals surface area contributed by atoms with Crippen molar-refractivity contribution in [2.45, 2.75) is 0 Å². The second kappa shape index (κ2) is 6.06. The van der Waals surface area contributed by atoms with Crippen molar-refractivity contribution in [2.75, 3.05) is 0 Å². The molecule has 0 heterocycles. The van der Waals surface area contributed by atoms with Gasteiger partial charge in [0.15, 0.2) is 0 Å². The number of hydrogen-bond acceptors (Lipinski definition) is 0. The molecule has 3 aromatic carbocycles. The molecule has 3 rings (SSSR count). The average Bonchev–Trinajstić information content (AvgIpc) is 2.47. The van der Waals surface area contributed by atoms with Crippen LogP contribution < -0.4 is 10.6 Å². The van der Waals surface area contributed by atoms with E-state index in [1.165, 1.54) is 16.9 Å². The van der Waals surface area contributed by atoms with E-state index in [1.54, 1.807) is 12.1 Å². The van der Waals surface area contributed by atoms with Crippen LogP contribution in [0.5, 0.6) is 0 Å². The van der Waals surface area contributed by atoms with Crippen molar-refractivity contribution in [3.05, 3.63) is 72.5 Å². The van der Waals surface area contributed by atoms with Crippen LogP contribution in [-0.2, 0) is 0 Å². The van der Waals surface area contributed by atoms with Gasteiger partial charge in [0.2, 0.25) is 0 Å². The van der Waals surface area contributed by atoms with Crippen LogP contribution in [0.4, 0.5) is 4.39 Å². The molecule has 21 heavy (non-hydrogen) atoms. The van der Waals surface area contributed by atoms with Crippen LogP contribution in [0, 0.1) is 5.82 Å². The summed E-state index contributed by atoms with van der Waals surface area (Å²) < 4.78 is 13.4. The molecule has 0 saturated carbocycles. The lowest BCUT2D eigenvalue weighted by molar-refractivity contribution is 0.628. The Morgan fingerprint density at radius 1 is 0.619 bits per heavy atom. The fraction of sp³-hybridized carbons (Fsp3) is 0. The summed E-state index contributed by atoms with van der Waals surface area (Å²) in [4.78, 5) is 0. The lowest BCUT2D eigenvalue weighted by Crippen LogP contribution is -2.01. The highest BCUT2D eigenvalue weighted by molar-refractivity contribution is 7.28. The summed E-state index contributed by atoms with van der Waals surface area (Å²) in [5.74, 6) is -0.212. The maximum Gasteiger partial charge on any atom is 0.123 e. The minimum Gasteiger partial charge on any atom is -0.207 e. The highest BCUT2D eigenvalue weighted by Crippen LogP contribution is 2.25. The summed E-state index contributed by atoms with van der Waals surface area (Å²) in [5, 5.41) is 2.23. The van der Waals surface area contributed by atoms with Gasteiger partial charge in [-0.3, -0.25) is 0 Å². The average molecular weight is 312 g/mol. The Morgan fingerprint density at radius 2 is 1.33 bits per heavy atom. The molecule has 104 valence electrons. The van der Waals surface area contributed by atoms with Gasteiger partial charge in [-0.15, -0.1) is 18.5 Å². The van der Waals surface area contributed by atoms with Crippen molar-refractivity contribution < 1.29 is 4.39 Å². The van der Waals surface area contributed by atoms with Gasteiger partial charge >= 0.3 is 0 Å². The predicted octanol–water partition coefficient (Wildman–Crippen LogP) is 4.16. The van der Waals surface area contributed by atoms with E-state index >= 15 is 0 Å².